The molecule has 0 saturated carbocycles. The lowest BCUT2D eigenvalue weighted by atomic mass is 9.95. The van der Waals surface area contributed by atoms with E-state index in [1.54, 1.807) is 0 Å². The van der Waals surface area contributed by atoms with E-state index in [1.165, 1.54) is 36.2 Å². The normalized spacial score (nSPS) is 18.7. The van der Waals surface area contributed by atoms with E-state index in [2.05, 4.69) is 33.7 Å². The molecule has 1 aromatic carbocycles. The van der Waals surface area contributed by atoms with Crippen LogP contribution in [0.2, 0.25) is 5.02 Å². The van der Waals surface area contributed by atoms with Gasteiger partial charge in [0.2, 0.25) is 0 Å². The summed E-state index contributed by atoms with van der Waals surface area (Å²) in [4.78, 5) is 4.96. The van der Waals surface area contributed by atoms with Gasteiger partial charge in [-0.3, -0.25) is 9.58 Å². The Morgan fingerprint density at radius 2 is 1.79 bits per heavy atom. The molecule has 24 heavy (non-hydrogen) atoms. The van der Waals surface area contributed by atoms with Gasteiger partial charge in [-0.05, 0) is 43.4 Å². The first-order valence-electron chi connectivity index (χ1n) is 8.98. The minimum Gasteiger partial charge on any atom is -0.368 e. The van der Waals surface area contributed by atoms with Crippen molar-refractivity contribution in [2.75, 3.05) is 31.1 Å². The van der Waals surface area contributed by atoms with Gasteiger partial charge in [-0.1, -0.05) is 23.7 Å². The summed E-state index contributed by atoms with van der Waals surface area (Å²) in [6.45, 7) is 5.24. The van der Waals surface area contributed by atoms with Gasteiger partial charge < -0.3 is 4.90 Å². The van der Waals surface area contributed by atoms with Crippen LogP contribution >= 0.6 is 11.6 Å². The largest absolute Gasteiger partial charge is 0.368 e. The zero-order valence-electron chi connectivity index (χ0n) is 14.3. The Hall–Kier alpha value is -1.52. The molecular formula is C19H25ClN4. The number of nitrogens with zero attached hydrogens (tertiary/aromatic N) is 4. The molecule has 5 heteroatoms. The van der Waals surface area contributed by atoms with Crippen LogP contribution in [0.4, 0.5) is 5.69 Å². The number of piperazine rings is 1. The third kappa shape index (κ3) is 3.05. The second-order valence-electron chi connectivity index (χ2n) is 6.92. The molecule has 1 aromatic heterocycles. The molecule has 0 spiro atoms. The number of rotatable bonds is 3. The van der Waals surface area contributed by atoms with Gasteiger partial charge in [-0.2, -0.15) is 5.10 Å². The molecule has 1 fully saturated rings. The highest BCUT2D eigenvalue weighted by atomic mass is 35.5. The van der Waals surface area contributed by atoms with Crippen LogP contribution in [-0.4, -0.2) is 40.9 Å². The molecule has 0 unspecified atom stereocenters. The lowest BCUT2D eigenvalue weighted by molar-refractivity contribution is 0.243. The number of anilines is 1. The molecule has 1 aliphatic carbocycles. The molecule has 2 aromatic rings. The van der Waals surface area contributed by atoms with E-state index in [0.717, 1.165) is 49.9 Å². The zero-order valence-corrected chi connectivity index (χ0v) is 15.1. The molecule has 1 saturated heterocycles. The average Bonchev–Trinajstić information content (AvgIpc) is 2.92. The topological polar surface area (TPSA) is 24.3 Å². The molecular weight excluding hydrogens is 320 g/mol. The molecule has 0 N–H and O–H groups in total. The van der Waals surface area contributed by atoms with Crippen molar-refractivity contribution in [3.63, 3.8) is 0 Å². The molecule has 2 aliphatic rings. The van der Waals surface area contributed by atoms with Gasteiger partial charge >= 0.3 is 0 Å². The lowest BCUT2D eigenvalue weighted by Crippen LogP contribution is -2.46. The minimum absolute atomic E-state index is 0.853. The minimum atomic E-state index is 0.853. The molecule has 2 heterocycles. The van der Waals surface area contributed by atoms with Crippen molar-refractivity contribution < 1.29 is 0 Å². The fourth-order valence-corrected chi connectivity index (χ4v) is 4.27. The van der Waals surface area contributed by atoms with E-state index in [0.29, 0.717) is 0 Å². The summed E-state index contributed by atoms with van der Waals surface area (Å²) in [7, 11) is 2.10. The molecule has 0 radical (unpaired) electrons. The van der Waals surface area contributed by atoms with Crippen LogP contribution in [0.15, 0.2) is 24.3 Å². The lowest BCUT2D eigenvalue weighted by Gasteiger charge is -2.36. The van der Waals surface area contributed by atoms with Crippen LogP contribution in [0.5, 0.6) is 0 Å². The molecule has 4 rings (SSSR count). The second kappa shape index (κ2) is 6.77. The van der Waals surface area contributed by atoms with E-state index in [9.17, 15) is 0 Å². The summed E-state index contributed by atoms with van der Waals surface area (Å²) in [6.07, 6.45) is 4.97. The van der Waals surface area contributed by atoms with Gasteiger partial charge in [0.05, 0.1) is 22.1 Å². The van der Waals surface area contributed by atoms with Crippen LogP contribution in [-0.2, 0) is 26.4 Å². The van der Waals surface area contributed by atoms with Crippen molar-refractivity contribution in [3.05, 3.63) is 46.2 Å². The van der Waals surface area contributed by atoms with Crippen molar-refractivity contribution in [1.29, 1.82) is 0 Å². The van der Waals surface area contributed by atoms with E-state index in [-0.39, 0.29) is 0 Å². The van der Waals surface area contributed by atoms with Gasteiger partial charge in [0.15, 0.2) is 0 Å². The number of aryl methyl sites for hydroxylation is 2. The Morgan fingerprint density at radius 1 is 1.04 bits per heavy atom. The average molecular weight is 345 g/mol. The smallest absolute Gasteiger partial charge is 0.0659 e. The maximum Gasteiger partial charge on any atom is 0.0659 e. The summed E-state index contributed by atoms with van der Waals surface area (Å²) < 4.78 is 2.12. The molecule has 1 aliphatic heterocycles. The first kappa shape index (κ1) is 16.0. The van der Waals surface area contributed by atoms with Gasteiger partial charge in [-0.25, -0.2) is 0 Å². The number of aromatic nitrogens is 2. The molecule has 0 bridgehead atoms. The van der Waals surface area contributed by atoms with Gasteiger partial charge in [0, 0.05) is 39.8 Å². The number of para-hydroxylation sites is 1. The van der Waals surface area contributed by atoms with Crippen molar-refractivity contribution in [3.8, 4) is 0 Å². The zero-order chi connectivity index (χ0) is 16.5. The van der Waals surface area contributed by atoms with E-state index in [1.807, 2.05) is 12.1 Å². The Bertz CT molecular complexity index is 716. The van der Waals surface area contributed by atoms with Crippen LogP contribution in [0.25, 0.3) is 0 Å². The molecule has 0 atom stereocenters. The highest BCUT2D eigenvalue weighted by Crippen LogP contribution is 2.27. The molecule has 0 amide bonds. The van der Waals surface area contributed by atoms with E-state index < -0.39 is 0 Å². The third-order valence-electron chi connectivity index (χ3n) is 5.39. The fraction of sp³-hybridized carbons (Fsp3) is 0.526. The van der Waals surface area contributed by atoms with Crippen LogP contribution in [0.1, 0.15) is 29.8 Å². The van der Waals surface area contributed by atoms with Crippen molar-refractivity contribution >= 4 is 17.3 Å². The SMILES string of the molecule is Cn1nc2c(c1CN1CCN(c3ccccc3Cl)CC1)CCCC2. The maximum atomic E-state index is 6.34. The summed E-state index contributed by atoms with van der Waals surface area (Å²) in [6, 6.07) is 8.16. The highest BCUT2D eigenvalue weighted by Gasteiger charge is 2.23. The van der Waals surface area contributed by atoms with Gasteiger partial charge in [0.25, 0.3) is 0 Å². The van der Waals surface area contributed by atoms with Gasteiger partial charge in [0.1, 0.15) is 0 Å². The van der Waals surface area contributed by atoms with Crippen molar-refractivity contribution in [2.45, 2.75) is 32.2 Å². The van der Waals surface area contributed by atoms with E-state index >= 15 is 0 Å². The fourth-order valence-electron chi connectivity index (χ4n) is 4.01. The molecule has 4 nitrogen and oxygen atoms in total. The Labute approximate surface area is 149 Å². The third-order valence-corrected chi connectivity index (χ3v) is 5.71. The Kier molecular flexibility index (Phi) is 4.51. The van der Waals surface area contributed by atoms with Crippen LogP contribution in [0, 0.1) is 0 Å². The summed E-state index contributed by atoms with van der Waals surface area (Å²) in [5, 5.41) is 5.61. The quantitative estimate of drug-likeness (QED) is 0.854. The van der Waals surface area contributed by atoms with Crippen LogP contribution in [0.3, 0.4) is 0 Å². The Morgan fingerprint density at radius 3 is 2.58 bits per heavy atom. The first-order valence-corrected chi connectivity index (χ1v) is 9.35. The maximum absolute atomic E-state index is 6.34. The van der Waals surface area contributed by atoms with E-state index in [4.69, 9.17) is 16.7 Å². The standard InChI is InChI=1S/C19H25ClN4/c1-22-19(15-6-2-4-8-17(15)21-22)14-23-10-12-24(13-11-23)18-9-5-3-7-16(18)20/h3,5,7,9H,2,4,6,8,10-14H2,1H3. The number of halogens is 1. The van der Waals surface area contributed by atoms with Crippen molar-refractivity contribution in [2.24, 2.45) is 7.05 Å². The monoisotopic (exact) mass is 344 g/mol. The van der Waals surface area contributed by atoms with Crippen molar-refractivity contribution in [1.82, 2.24) is 14.7 Å². The van der Waals surface area contributed by atoms with Crippen LogP contribution < -0.4 is 4.90 Å². The molecule has 128 valence electrons. The summed E-state index contributed by atoms with van der Waals surface area (Å²) in [5.74, 6) is 0. The first-order chi connectivity index (χ1) is 11.7. The number of hydrogen-bond acceptors (Lipinski definition) is 3. The predicted octanol–water partition coefficient (Wildman–Crippen LogP) is 3.27. The predicted molar refractivity (Wildman–Crippen MR) is 98.8 cm³/mol. The summed E-state index contributed by atoms with van der Waals surface area (Å²) in [5.41, 5.74) is 5.46. The summed E-state index contributed by atoms with van der Waals surface area (Å²) >= 11 is 6.34. The number of fused-ring (bicyclic) bond motifs is 1. The highest BCUT2D eigenvalue weighted by molar-refractivity contribution is 6.33. The van der Waals surface area contributed by atoms with Gasteiger partial charge in [-0.15, -0.1) is 0 Å². The second-order valence-corrected chi connectivity index (χ2v) is 7.32. The number of benzene rings is 1. The number of hydrogen-bond donors (Lipinski definition) is 0. The Balaban J connectivity index is 1.42.